The van der Waals surface area contributed by atoms with Crippen molar-refractivity contribution in [2.75, 3.05) is 30.6 Å². The van der Waals surface area contributed by atoms with Gasteiger partial charge in [-0.25, -0.2) is 8.42 Å². The van der Waals surface area contributed by atoms with E-state index in [1.54, 1.807) is 22.5 Å². The first-order valence-electron chi connectivity index (χ1n) is 9.37. The Bertz CT molecular complexity index is 976. The molecule has 142 valence electrons. The molecule has 0 radical (unpaired) electrons. The van der Waals surface area contributed by atoms with E-state index in [4.69, 9.17) is 9.47 Å². The molecule has 1 fully saturated rings. The lowest BCUT2D eigenvalue weighted by molar-refractivity contribution is 0.171. The molecule has 2 aromatic rings. The van der Waals surface area contributed by atoms with E-state index < -0.39 is 10.0 Å². The molecule has 0 amide bonds. The minimum absolute atomic E-state index is 0.244. The van der Waals surface area contributed by atoms with Crippen LogP contribution in [0.4, 0.5) is 5.69 Å². The van der Waals surface area contributed by atoms with Crippen LogP contribution in [0, 0.1) is 0 Å². The van der Waals surface area contributed by atoms with Crippen molar-refractivity contribution in [3.8, 4) is 11.5 Å². The fourth-order valence-electron chi connectivity index (χ4n) is 4.25. The number of anilines is 1. The summed E-state index contributed by atoms with van der Waals surface area (Å²) in [5.41, 5.74) is 1.84. The molecule has 6 nitrogen and oxygen atoms in total. The molecule has 3 aliphatic heterocycles. The Hall–Kier alpha value is -2.25. The van der Waals surface area contributed by atoms with Crippen molar-refractivity contribution >= 4 is 15.7 Å². The lowest BCUT2D eigenvalue weighted by atomic mass is 10.2. The lowest BCUT2D eigenvalue weighted by Gasteiger charge is -2.28. The van der Waals surface area contributed by atoms with Crippen LogP contribution in [0.15, 0.2) is 47.4 Å². The number of sulfonamides is 1. The van der Waals surface area contributed by atoms with Gasteiger partial charge in [-0.1, -0.05) is 18.2 Å². The smallest absolute Gasteiger partial charge is 0.264 e. The van der Waals surface area contributed by atoms with Crippen molar-refractivity contribution in [2.45, 2.75) is 30.3 Å². The second-order valence-corrected chi connectivity index (χ2v) is 9.10. The van der Waals surface area contributed by atoms with E-state index in [0.717, 1.165) is 37.2 Å². The molecule has 2 aromatic carbocycles. The summed E-state index contributed by atoms with van der Waals surface area (Å²) >= 11 is 0. The van der Waals surface area contributed by atoms with Crippen molar-refractivity contribution < 1.29 is 17.9 Å². The second kappa shape index (κ2) is 6.42. The predicted molar refractivity (Wildman–Crippen MR) is 102 cm³/mol. The van der Waals surface area contributed by atoms with Crippen LogP contribution in [0.25, 0.3) is 0 Å². The van der Waals surface area contributed by atoms with Gasteiger partial charge in [0.2, 0.25) is 0 Å². The molecule has 3 aliphatic rings. The third kappa shape index (κ3) is 2.85. The summed E-state index contributed by atoms with van der Waals surface area (Å²) in [5, 5.41) is 0. The molecule has 1 saturated heterocycles. The number of hydrogen-bond donors (Lipinski definition) is 0. The van der Waals surface area contributed by atoms with E-state index in [-0.39, 0.29) is 10.9 Å². The van der Waals surface area contributed by atoms with Crippen LogP contribution in [-0.4, -0.2) is 45.7 Å². The average Bonchev–Trinajstić information content (AvgIpc) is 3.06. The first kappa shape index (κ1) is 16.9. The SMILES string of the molecule is O=S(=O)(c1ccc2c(c1)OCCO2)N1C[C@H]2CCCN2Cc2ccccc21. The Labute approximate surface area is 159 Å². The zero-order chi connectivity index (χ0) is 18.4. The van der Waals surface area contributed by atoms with E-state index in [1.807, 2.05) is 24.3 Å². The highest BCUT2D eigenvalue weighted by Crippen LogP contribution is 2.37. The number of fused-ring (bicyclic) bond motifs is 3. The number of nitrogens with zero attached hydrogens (tertiary/aromatic N) is 2. The van der Waals surface area contributed by atoms with E-state index in [0.29, 0.717) is 31.3 Å². The summed E-state index contributed by atoms with van der Waals surface area (Å²) < 4.78 is 39.9. The number of para-hydroxylation sites is 1. The molecule has 0 aliphatic carbocycles. The summed E-state index contributed by atoms with van der Waals surface area (Å²) in [6, 6.07) is 13.0. The van der Waals surface area contributed by atoms with Crippen LogP contribution in [-0.2, 0) is 16.6 Å². The minimum Gasteiger partial charge on any atom is -0.486 e. The fraction of sp³-hybridized carbons (Fsp3) is 0.400. The van der Waals surface area contributed by atoms with Crippen LogP contribution in [0.5, 0.6) is 11.5 Å². The topological polar surface area (TPSA) is 59.1 Å². The maximum atomic E-state index is 13.6. The van der Waals surface area contributed by atoms with Crippen molar-refractivity contribution in [1.29, 1.82) is 0 Å². The van der Waals surface area contributed by atoms with Gasteiger partial charge in [-0.2, -0.15) is 0 Å². The monoisotopic (exact) mass is 386 g/mol. The molecule has 0 bridgehead atoms. The fourth-order valence-corrected chi connectivity index (χ4v) is 5.80. The van der Waals surface area contributed by atoms with E-state index in [1.165, 1.54) is 0 Å². The molecule has 0 saturated carbocycles. The molecular formula is C20H22N2O4S. The van der Waals surface area contributed by atoms with Gasteiger partial charge in [-0.15, -0.1) is 0 Å². The maximum absolute atomic E-state index is 13.6. The zero-order valence-electron chi connectivity index (χ0n) is 15.0. The van der Waals surface area contributed by atoms with Crippen molar-refractivity contribution in [3.05, 3.63) is 48.0 Å². The number of rotatable bonds is 2. The number of hydrogen-bond acceptors (Lipinski definition) is 5. The quantitative estimate of drug-likeness (QED) is 0.794. The summed E-state index contributed by atoms with van der Waals surface area (Å²) in [4.78, 5) is 2.64. The summed E-state index contributed by atoms with van der Waals surface area (Å²) in [7, 11) is -3.70. The van der Waals surface area contributed by atoms with Gasteiger partial charge in [-0.05, 0) is 43.1 Å². The molecule has 27 heavy (non-hydrogen) atoms. The van der Waals surface area contributed by atoms with Crippen LogP contribution >= 0.6 is 0 Å². The van der Waals surface area contributed by atoms with Crippen LogP contribution in [0.1, 0.15) is 18.4 Å². The first-order valence-corrected chi connectivity index (χ1v) is 10.8. The van der Waals surface area contributed by atoms with Crippen LogP contribution < -0.4 is 13.8 Å². The molecule has 1 atom stereocenters. The zero-order valence-corrected chi connectivity index (χ0v) is 15.8. The van der Waals surface area contributed by atoms with Gasteiger partial charge in [0.25, 0.3) is 10.0 Å². The molecule has 0 aromatic heterocycles. The Morgan fingerprint density at radius 1 is 1.00 bits per heavy atom. The lowest BCUT2D eigenvalue weighted by Crippen LogP contribution is -2.40. The molecule has 0 unspecified atom stereocenters. The normalized spacial score (nSPS) is 22.1. The summed E-state index contributed by atoms with van der Waals surface area (Å²) in [6.07, 6.45) is 2.14. The number of ether oxygens (including phenoxy) is 2. The van der Waals surface area contributed by atoms with E-state index in [2.05, 4.69) is 4.90 Å². The Morgan fingerprint density at radius 2 is 1.81 bits per heavy atom. The third-order valence-corrected chi connectivity index (χ3v) is 7.39. The molecular weight excluding hydrogens is 364 g/mol. The molecule has 3 heterocycles. The molecule has 0 N–H and O–H groups in total. The van der Waals surface area contributed by atoms with E-state index in [9.17, 15) is 8.42 Å². The van der Waals surface area contributed by atoms with Crippen molar-refractivity contribution in [1.82, 2.24) is 4.90 Å². The maximum Gasteiger partial charge on any atom is 0.264 e. The van der Waals surface area contributed by atoms with Crippen molar-refractivity contribution in [3.63, 3.8) is 0 Å². The Balaban J connectivity index is 1.59. The Kier molecular flexibility index (Phi) is 4.02. The van der Waals surface area contributed by atoms with Gasteiger partial charge in [0, 0.05) is 25.2 Å². The Morgan fingerprint density at radius 3 is 2.70 bits per heavy atom. The van der Waals surface area contributed by atoms with Gasteiger partial charge >= 0.3 is 0 Å². The highest BCUT2D eigenvalue weighted by Gasteiger charge is 2.36. The molecule has 0 spiro atoms. The van der Waals surface area contributed by atoms with Gasteiger partial charge in [0.05, 0.1) is 10.6 Å². The van der Waals surface area contributed by atoms with Crippen molar-refractivity contribution in [2.24, 2.45) is 0 Å². The van der Waals surface area contributed by atoms with E-state index >= 15 is 0 Å². The average molecular weight is 386 g/mol. The number of benzene rings is 2. The largest absolute Gasteiger partial charge is 0.486 e. The third-order valence-electron chi connectivity index (χ3n) is 5.61. The summed E-state index contributed by atoms with van der Waals surface area (Å²) in [6.45, 7) is 3.22. The van der Waals surface area contributed by atoms with Crippen LogP contribution in [0.2, 0.25) is 0 Å². The van der Waals surface area contributed by atoms with Gasteiger partial charge in [-0.3, -0.25) is 9.21 Å². The van der Waals surface area contributed by atoms with Crippen LogP contribution in [0.3, 0.4) is 0 Å². The first-order chi connectivity index (χ1) is 13.1. The predicted octanol–water partition coefficient (Wildman–Crippen LogP) is 2.63. The van der Waals surface area contributed by atoms with Gasteiger partial charge in [0.1, 0.15) is 13.2 Å². The molecule has 5 rings (SSSR count). The highest BCUT2D eigenvalue weighted by molar-refractivity contribution is 7.92. The second-order valence-electron chi connectivity index (χ2n) is 7.24. The van der Waals surface area contributed by atoms with Gasteiger partial charge in [0.15, 0.2) is 11.5 Å². The summed E-state index contributed by atoms with van der Waals surface area (Å²) in [5.74, 6) is 1.09. The van der Waals surface area contributed by atoms with Gasteiger partial charge < -0.3 is 9.47 Å². The highest BCUT2D eigenvalue weighted by atomic mass is 32.2. The standard InChI is InChI=1S/C20H22N2O4S/c23-27(24,17-7-8-19-20(12-17)26-11-10-25-19)22-14-16-5-3-9-21(16)13-15-4-1-2-6-18(15)22/h1-2,4,6-8,12,16H,3,5,9-11,13-14H2/t16-/m1/s1. The minimum atomic E-state index is -3.70. The molecule has 7 heteroatoms.